The van der Waals surface area contributed by atoms with E-state index in [4.69, 9.17) is 18.9 Å². The fourth-order valence-electron chi connectivity index (χ4n) is 3.36. The van der Waals surface area contributed by atoms with Crippen molar-refractivity contribution >= 4 is 0 Å². The standard InChI is InChI=1S/C24H26N2O5/c1-18-11-22(31-17-23-16-28-9-10-29-23)13-24(27)26(18)14-19-5-4-7-21(12-19)30-15-20-6-2-3-8-25-20/h2-8,11-13,23H,9-10,14-17H2,1H3/t23-/m1/s1. The molecule has 2 aromatic heterocycles. The Morgan fingerprint density at radius 3 is 2.77 bits per heavy atom. The molecule has 1 aliphatic heterocycles. The van der Waals surface area contributed by atoms with Gasteiger partial charge in [0.15, 0.2) is 0 Å². The number of pyridine rings is 2. The molecule has 7 nitrogen and oxygen atoms in total. The van der Waals surface area contributed by atoms with Gasteiger partial charge in [-0.1, -0.05) is 18.2 Å². The SMILES string of the molecule is Cc1cc(OC[C@H]2COCCO2)cc(=O)n1Cc1cccc(OCc2ccccn2)c1. The molecule has 162 valence electrons. The summed E-state index contributed by atoms with van der Waals surface area (Å²) in [7, 11) is 0. The normalized spacial score (nSPS) is 16.1. The summed E-state index contributed by atoms with van der Waals surface area (Å²) in [5, 5.41) is 0. The van der Waals surface area contributed by atoms with Crippen LogP contribution in [0.15, 0.2) is 65.6 Å². The average molecular weight is 422 g/mol. The van der Waals surface area contributed by atoms with Crippen molar-refractivity contribution in [1.82, 2.24) is 9.55 Å². The highest BCUT2D eigenvalue weighted by Crippen LogP contribution is 2.17. The third kappa shape index (κ3) is 5.93. The monoisotopic (exact) mass is 422 g/mol. The van der Waals surface area contributed by atoms with Gasteiger partial charge in [-0.2, -0.15) is 0 Å². The molecule has 7 heteroatoms. The maximum Gasteiger partial charge on any atom is 0.254 e. The number of benzene rings is 1. The van der Waals surface area contributed by atoms with Gasteiger partial charge in [0.05, 0.1) is 32.1 Å². The quantitative estimate of drug-likeness (QED) is 0.556. The highest BCUT2D eigenvalue weighted by Gasteiger charge is 2.15. The van der Waals surface area contributed by atoms with Gasteiger partial charge in [0.25, 0.3) is 5.56 Å². The minimum absolute atomic E-state index is 0.106. The second-order valence-electron chi connectivity index (χ2n) is 7.39. The van der Waals surface area contributed by atoms with Crippen molar-refractivity contribution in [3.05, 3.63) is 88.1 Å². The topological polar surface area (TPSA) is 71.8 Å². The summed E-state index contributed by atoms with van der Waals surface area (Å²) in [5.74, 6) is 1.28. The summed E-state index contributed by atoms with van der Waals surface area (Å²) in [6.07, 6.45) is 1.64. The first kappa shape index (κ1) is 21.1. The van der Waals surface area contributed by atoms with Crippen molar-refractivity contribution in [2.45, 2.75) is 26.2 Å². The van der Waals surface area contributed by atoms with Gasteiger partial charge in [0, 0.05) is 18.0 Å². The highest BCUT2D eigenvalue weighted by atomic mass is 16.6. The van der Waals surface area contributed by atoms with E-state index in [1.165, 1.54) is 6.07 Å². The lowest BCUT2D eigenvalue weighted by atomic mass is 10.2. The van der Waals surface area contributed by atoms with Crippen LogP contribution >= 0.6 is 0 Å². The molecule has 3 heterocycles. The molecular weight excluding hydrogens is 396 g/mol. The predicted molar refractivity (Wildman–Crippen MR) is 116 cm³/mol. The Kier molecular flexibility index (Phi) is 6.96. The Bertz CT molecular complexity index is 1050. The van der Waals surface area contributed by atoms with Crippen LogP contribution in [0.5, 0.6) is 11.5 Å². The second kappa shape index (κ2) is 10.2. The number of rotatable bonds is 8. The zero-order chi connectivity index (χ0) is 21.5. The smallest absolute Gasteiger partial charge is 0.254 e. The van der Waals surface area contributed by atoms with Crippen molar-refractivity contribution in [3.8, 4) is 11.5 Å². The van der Waals surface area contributed by atoms with Gasteiger partial charge in [-0.25, -0.2) is 0 Å². The summed E-state index contributed by atoms with van der Waals surface area (Å²) in [6.45, 7) is 4.79. The number of ether oxygens (including phenoxy) is 4. The first-order chi connectivity index (χ1) is 15.2. The van der Waals surface area contributed by atoms with Crippen LogP contribution in [0.25, 0.3) is 0 Å². The van der Waals surface area contributed by atoms with Crippen molar-refractivity contribution in [1.29, 1.82) is 0 Å². The Hall–Kier alpha value is -3.16. The van der Waals surface area contributed by atoms with Crippen molar-refractivity contribution in [2.24, 2.45) is 0 Å². The molecule has 0 N–H and O–H groups in total. The Morgan fingerprint density at radius 2 is 2.00 bits per heavy atom. The lowest BCUT2D eigenvalue weighted by molar-refractivity contribution is -0.101. The molecule has 0 radical (unpaired) electrons. The van der Waals surface area contributed by atoms with Gasteiger partial charge in [0.1, 0.15) is 30.8 Å². The number of aromatic nitrogens is 2. The van der Waals surface area contributed by atoms with E-state index in [-0.39, 0.29) is 11.7 Å². The van der Waals surface area contributed by atoms with E-state index in [2.05, 4.69) is 4.98 Å². The molecule has 1 saturated heterocycles. The molecule has 1 atom stereocenters. The average Bonchev–Trinajstić information content (AvgIpc) is 2.80. The van der Waals surface area contributed by atoms with Gasteiger partial charge < -0.3 is 23.5 Å². The van der Waals surface area contributed by atoms with Gasteiger partial charge in [-0.15, -0.1) is 0 Å². The minimum atomic E-state index is -0.115. The van der Waals surface area contributed by atoms with Crippen LogP contribution in [0.1, 0.15) is 17.0 Å². The van der Waals surface area contributed by atoms with E-state index < -0.39 is 0 Å². The summed E-state index contributed by atoms with van der Waals surface area (Å²) in [4.78, 5) is 17.0. The molecule has 0 spiro atoms. The summed E-state index contributed by atoms with van der Waals surface area (Å²) in [6, 6.07) is 16.8. The number of nitrogens with zero attached hydrogens (tertiary/aromatic N) is 2. The molecule has 1 aromatic carbocycles. The van der Waals surface area contributed by atoms with Crippen molar-refractivity contribution < 1.29 is 18.9 Å². The highest BCUT2D eigenvalue weighted by molar-refractivity contribution is 5.30. The maximum atomic E-state index is 12.7. The van der Waals surface area contributed by atoms with E-state index in [0.29, 0.717) is 45.3 Å². The summed E-state index contributed by atoms with van der Waals surface area (Å²) >= 11 is 0. The van der Waals surface area contributed by atoms with Crippen LogP contribution < -0.4 is 15.0 Å². The molecule has 4 rings (SSSR count). The third-order valence-electron chi connectivity index (χ3n) is 4.98. The van der Waals surface area contributed by atoms with Crippen LogP contribution in [0.3, 0.4) is 0 Å². The van der Waals surface area contributed by atoms with Crippen LogP contribution in [0, 0.1) is 6.92 Å². The molecular formula is C24H26N2O5. The van der Waals surface area contributed by atoms with Crippen molar-refractivity contribution in [3.63, 3.8) is 0 Å². The Morgan fingerprint density at radius 1 is 1.06 bits per heavy atom. The summed E-state index contributed by atoms with van der Waals surface area (Å²) < 4.78 is 24.3. The molecule has 0 bridgehead atoms. The lowest BCUT2D eigenvalue weighted by Gasteiger charge is -2.23. The first-order valence-corrected chi connectivity index (χ1v) is 10.3. The van der Waals surface area contributed by atoms with E-state index in [1.54, 1.807) is 10.8 Å². The molecule has 1 aliphatic rings. The third-order valence-corrected chi connectivity index (χ3v) is 4.98. The zero-order valence-electron chi connectivity index (χ0n) is 17.5. The largest absolute Gasteiger partial charge is 0.491 e. The molecule has 0 unspecified atom stereocenters. The van der Waals surface area contributed by atoms with E-state index in [1.807, 2.05) is 55.5 Å². The minimum Gasteiger partial charge on any atom is -0.491 e. The number of aryl methyl sites for hydroxylation is 1. The van der Waals surface area contributed by atoms with Crippen LogP contribution in [0.2, 0.25) is 0 Å². The molecule has 3 aromatic rings. The fraction of sp³-hybridized carbons (Fsp3) is 0.333. The van der Waals surface area contributed by atoms with Gasteiger partial charge in [-0.05, 0) is 42.8 Å². The molecule has 1 fully saturated rings. The van der Waals surface area contributed by atoms with Gasteiger partial charge in [-0.3, -0.25) is 9.78 Å². The number of hydrogen-bond donors (Lipinski definition) is 0. The zero-order valence-corrected chi connectivity index (χ0v) is 17.5. The van der Waals surface area contributed by atoms with Crippen molar-refractivity contribution in [2.75, 3.05) is 26.4 Å². The van der Waals surface area contributed by atoms with Gasteiger partial charge in [0.2, 0.25) is 0 Å². The molecule has 0 saturated carbocycles. The van der Waals surface area contributed by atoms with E-state index in [9.17, 15) is 4.79 Å². The maximum absolute atomic E-state index is 12.7. The van der Waals surface area contributed by atoms with Gasteiger partial charge >= 0.3 is 0 Å². The first-order valence-electron chi connectivity index (χ1n) is 10.3. The number of hydrogen-bond acceptors (Lipinski definition) is 6. The van der Waals surface area contributed by atoms with E-state index >= 15 is 0 Å². The molecule has 0 aliphatic carbocycles. The predicted octanol–water partition coefficient (Wildman–Crippen LogP) is 2.97. The summed E-state index contributed by atoms with van der Waals surface area (Å²) in [5.41, 5.74) is 2.55. The van der Waals surface area contributed by atoms with Crippen LogP contribution in [-0.2, 0) is 22.6 Å². The molecule has 0 amide bonds. The van der Waals surface area contributed by atoms with Crippen LogP contribution in [-0.4, -0.2) is 42.1 Å². The Labute approximate surface area is 181 Å². The lowest BCUT2D eigenvalue weighted by Crippen LogP contribution is -2.33. The molecule has 31 heavy (non-hydrogen) atoms. The van der Waals surface area contributed by atoms with Crippen LogP contribution in [0.4, 0.5) is 0 Å². The van der Waals surface area contributed by atoms with E-state index in [0.717, 1.165) is 22.7 Å². The Balaban J connectivity index is 1.39. The fourth-order valence-corrected chi connectivity index (χ4v) is 3.36. The second-order valence-corrected chi connectivity index (χ2v) is 7.39.